The second-order valence-electron chi connectivity index (χ2n) is 8.08. The molecule has 1 amide bonds. The van der Waals surface area contributed by atoms with Crippen LogP contribution in [0, 0.1) is 0 Å². The highest BCUT2D eigenvalue weighted by atomic mass is 16.5. The number of amides is 1. The van der Waals surface area contributed by atoms with Gasteiger partial charge in [-0.25, -0.2) is 4.99 Å². The molecular formula is C26H32N4O3. The number of hydrogen-bond donors (Lipinski definition) is 1. The minimum atomic E-state index is -0.279. The van der Waals surface area contributed by atoms with Crippen molar-refractivity contribution in [1.29, 1.82) is 0 Å². The summed E-state index contributed by atoms with van der Waals surface area (Å²) in [6.45, 7) is 7.72. The van der Waals surface area contributed by atoms with E-state index in [0.717, 1.165) is 48.2 Å². The zero-order valence-electron chi connectivity index (χ0n) is 19.6. The van der Waals surface area contributed by atoms with E-state index >= 15 is 0 Å². The van der Waals surface area contributed by atoms with Crippen LogP contribution in [0.2, 0.25) is 0 Å². The van der Waals surface area contributed by atoms with Crippen molar-refractivity contribution < 1.29 is 14.3 Å². The number of aromatic nitrogens is 1. The third-order valence-electron chi connectivity index (χ3n) is 5.33. The maximum atomic E-state index is 13.1. The molecule has 0 aliphatic carbocycles. The van der Waals surface area contributed by atoms with Crippen molar-refractivity contribution in [2.24, 2.45) is 10.7 Å². The zero-order chi connectivity index (χ0) is 23.8. The summed E-state index contributed by atoms with van der Waals surface area (Å²) in [5, 5.41) is 0. The minimum Gasteiger partial charge on any atom is -0.466 e. The third-order valence-corrected chi connectivity index (χ3v) is 5.33. The standard InChI is InChI=1S/C26H32N4O3/c1-4-9-30(10-5-2)26(32)21-13-20-8-7-19(14-23(20)29-24(27)15-21)22-11-18(16-28-17-22)12-25(31)33-6-3/h7-8,11,13-14,16-17H,4-6,9-10,12,15H2,1-3H3,(H2,27,29). The van der Waals surface area contributed by atoms with Gasteiger partial charge in [0.1, 0.15) is 5.84 Å². The van der Waals surface area contributed by atoms with Gasteiger partial charge in [0.15, 0.2) is 0 Å². The number of pyridine rings is 1. The van der Waals surface area contributed by atoms with E-state index in [2.05, 4.69) is 23.8 Å². The van der Waals surface area contributed by atoms with E-state index in [0.29, 0.717) is 30.1 Å². The second-order valence-corrected chi connectivity index (χ2v) is 8.08. The van der Waals surface area contributed by atoms with E-state index in [4.69, 9.17) is 10.5 Å². The van der Waals surface area contributed by atoms with Crippen LogP contribution in [-0.2, 0) is 20.7 Å². The maximum absolute atomic E-state index is 13.1. The van der Waals surface area contributed by atoms with Crippen molar-refractivity contribution >= 4 is 29.5 Å². The normalized spacial score (nSPS) is 12.8. The molecule has 0 atom stereocenters. The summed E-state index contributed by atoms with van der Waals surface area (Å²) < 4.78 is 5.03. The number of carbonyl (C=O) groups is 2. The summed E-state index contributed by atoms with van der Waals surface area (Å²) in [6, 6.07) is 7.78. The Morgan fingerprint density at radius 1 is 1.06 bits per heavy atom. The highest BCUT2D eigenvalue weighted by molar-refractivity contribution is 6.05. The summed E-state index contributed by atoms with van der Waals surface area (Å²) >= 11 is 0. The van der Waals surface area contributed by atoms with Gasteiger partial charge in [0.2, 0.25) is 5.91 Å². The number of nitrogens with zero attached hydrogens (tertiary/aromatic N) is 3. The van der Waals surface area contributed by atoms with Crippen LogP contribution in [0.4, 0.5) is 5.69 Å². The summed E-state index contributed by atoms with van der Waals surface area (Å²) in [7, 11) is 0. The maximum Gasteiger partial charge on any atom is 0.310 e. The van der Waals surface area contributed by atoms with E-state index in [9.17, 15) is 9.59 Å². The van der Waals surface area contributed by atoms with E-state index in [1.165, 1.54) is 0 Å². The van der Waals surface area contributed by atoms with Gasteiger partial charge in [-0.05, 0) is 49.1 Å². The smallest absolute Gasteiger partial charge is 0.310 e. The molecule has 0 bridgehead atoms. The van der Waals surface area contributed by atoms with Crippen molar-refractivity contribution in [3.05, 3.63) is 53.4 Å². The van der Waals surface area contributed by atoms with Crippen molar-refractivity contribution in [3.8, 4) is 11.1 Å². The third kappa shape index (κ3) is 6.28. The Balaban J connectivity index is 1.91. The van der Waals surface area contributed by atoms with Gasteiger partial charge < -0.3 is 15.4 Å². The highest BCUT2D eigenvalue weighted by Crippen LogP contribution is 2.32. The number of amidine groups is 1. The minimum absolute atomic E-state index is 0.0182. The first-order valence-corrected chi connectivity index (χ1v) is 11.5. The number of ether oxygens (including phenoxy) is 1. The fourth-order valence-corrected chi connectivity index (χ4v) is 3.89. The molecule has 0 fully saturated rings. The van der Waals surface area contributed by atoms with Gasteiger partial charge in [0.05, 0.1) is 18.7 Å². The molecule has 1 aliphatic rings. The average molecular weight is 449 g/mol. The molecule has 174 valence electrons. The molecule has 0 radical (unpaired) electrons. The van der Waals surface area contributed by atoms with Crippen LogP contribution in [0.15, 0.2) is 47.2 Å². The van der Waals surface area contributed by atoms with Gasteiger partial charge in [-0.2, -0.15) is 0 Å². The SMILES string of the molecule is CCCN(CCC)C(=O)C1=Cc2ccc(-c3cncc(CC(=O)OCC)c3)cc2N=C(N)C1. The number of esters is 1. The first kappa shape index (κ1) is 24.2. The Hall–Kier alpha value is -3.48. The number of fused-ring (bicyclic) bond motifs is 1. The Bertz CT molecular complexity index is 1070. The number of carbonyl (C=O) groups excluding carboxylic acids is 2. The largest absolute Gasteiger partial charge is 0.466 e. The van der Waals surface area contributed by atoms with Crippen molar-refractivity contribution in [1.82, 2.24) is 9.88 Å². The van der Waals surface area contributed by atoms with E-state index in [-0.39, 0.29) is 18.3 Å². The lowest BCUT2D eigenvalue weighted by atomic mass is 10.0. The Morgan fingerprint density at radius 2 is 1.82 bits per heavy atom. The van der Waals surface area contributed by atoms with Crippen molar-refractivity contribution in [2.45, 2.75) is 46.5 Å². The van der Waals surface area contributed by atoms with E-state index in [1.54, 1.807) is 19.3 Å². The van der Waals surface area contributed by atoms with Crippen LogP contribution in [0.5, 0.6) is 0 Å². The molecule has 0 saturated carbocycles. The molecule has 3 rings (SSSR count). The van der Waals surface area contributed by atoms with Gasteiger partial charge in [-0.15, -0.1) is 0 Å². The monoisotopic (exact) mass is 448 g/mol. The molecule has 2 N–H and O–H groups in total. The number of nitrogens with two attached hydrogens (primary N) is 1. The number of hydrogen-bond acceptors (Lipinski definition) is 6. The molecule has 2 aromatic rings. The Labute approximate surface area is 195 Å². The van der Waals surface area contributed by atoms with Gasteiger partial charge >= 0.3 is 5.97 Å². The first-order chi connectivity index (χ1) is 15.9. The topological polar surface area (TPSA) is 97.9 Å². The fourth-order valence-electron chi connectivity index (χ4n) is 3.89. The quantitative estimate of drug-likeness (QED) is 0.578. The predicted molar refractivity (Wildman–Crippen MR) is 131 cm³/mol. The molecular weight excluding hydrogens is 416 g/mol. The van der Waals surface area contributed by atoms with Crippen LogP contribution >= 0.6 is 0 Å². The van der Waals surface area contributed by atoms with Crippen molar-refractivity contribution in [3.63, 3.8) is 0 Å². The van der Waals surface area contributed by atoms with E-state index < -0.39 is 0 Å². The lowest BCUT2D eigenvalue weighted by Crippen LogP contribution is -2.34. The van der Waals surface area contributed by atoms with Gasteiger partial charge in [-0.1, -0.05) is 26.0 Å². The molecule has 1 aromatic carbocycles. The summed E-state index contributed by atoms with van der Waals surface area (Å²) in [6.07, 6.45) is 7.63. The average Bonchev–Trinajstić information content (AvgIpc) is 2.96. The van der Waals surface area contributed by atoms with Crippen LogP contribution in [0.1, 0.15) is 51.2 Å². The Kier molecular flexibility index (Phi) is 8.35. The predicted octanol–water partition coefficient (Wildman–Crippen LogP) is 4.28. The molecule has 1 aromatic heterocycles. The lowest BCUT2D eigenvalue weighted by Gasteiger charge is -2.22. The van der Waals surface area contributed by atoms with Gasteiger partial charge in [-0.3, -0.25) is 14.6 Å². The molecule has 2 heterocycles. The summed E-state index contributed by atoms with van der Waals surface area (Å²) in [5.41, 5.74) is 11.0. The van der Waals surface area contributed by atoms with Gasteiger partial charge in [0, 0.05) is 48.6 Å². The molecule has 7 nitrogen and oxygen atoms in total. The zero-order valence-corrected chi connectivity index (χ0v) is 19.6. The number of aliphatic imine (C=N–C) groups is 1. The fraction of sp³-hybridized carbons (Fsp3) is 0.385. The van der Waals surface area contributed by atoms with Crippen LogP contribution in [0.3, 0.4) is 0 Å². The molecule has 33 heavy (non-hydrogen) atoms. The van der Waals surface area contributed by atoms with Crippen LogP contribution in [-0.4, -0.2) is 47.3 Å². The molecule has 0 saturated heterocycles. The first-order valence-electron chi connectivity index (χ1n) is 11.5. The van der Waals surface area contributed by atoms with Crippen molar-refractivity contribution in [2.75, 3.05) is 19.7 Å². The summed E-state index contributed by atoms with van der Waals surface area (Å²) in [5.74, 6) is 0.149. The number of rotatable bonds is 9. The molecule has 1 aliphatic heterocycles. The van der Waals surface area contributed by atoms with Crippen LogP contribution in [0.25, 0.3) is 17.2 Å². The van der Waals surface area contributed by atoms with Gasteiger partial charge in [0.25, 0.3) is 0 Å². The second kappa shape index (κ2) is 11.4. The lowest BCUT2D eigenvalue weighted by molar-refractivity contribution is -0.142. The summed E-state index contributed by atoms with van der Waals surface area (Å²) in [4.78, 5) is 35.7. The van der Waals surface area contributed by atoms with E-state index in [1.807, 2.05) is 35.2 Å². The van der Waals surface area contributed by atoms with Crippen LogP contribution < -0.4 is 5.73 Å². The molecule has 7 heteroatoms. The number of benzene rings is 1. The molecule has 0 unspecified atom stereocenters. The Morgan fingerprint density at radius 3 is 2.52 bits per heavy atom. The highest BCUT2D eigenvalue weighted by Gasteiger charge is 2.21. The molecule has 0 spiro atoms.